The fourth-order valence-corrected chi connectivity index (χ4v) is 2.73. The summed E-state index contributed by atoms with van der Waals surface area (Å²) in [6, 6.07) is 4.71. The molecule has 1 N–H and O–H groups in total. The SMILES string of the molecule is CCN1OC(Cc2ccc(Cl)cc2Cl)CC1C(=O)O. The molecule has 2 atom stereocenters. The van der Waals surface area contributed by atoms with Gasteiger partial charge in [0.15, 0.2) is 0 Å². The molecule has 104 valence electrons. The number of benzene rings is 1. The number of hydroxylamine groups is 2. The van der Waals surface area contributed by atoms with Crippen LogP contribution in [0.4, 0.5) is 0 Å². The Hall–Kier alpha value is -0.810. The van der Waals surface area contributed by atoms with Crippen LogP contribution in [0.2, 0.25) is 10.0 Å². The Balaban J connectivity index is 2.06. The van der Waals surface area contributed by atoms with E-state index in [9.17, 15) is 4.79 Å². The van der Waals surface area contributed by atoms with Gasteiger partial charge in [-0.3, -0.25) is 9.63 Å². The van der Waals surface area contributed by atoms with Gasteiger partial charge in [0.1, 0.15) is 6.04 Å². The van der Waals surface area contributed by atoms with Crippen LogP contribution in [0.3, 0.4) is 0 Å². The number of likely N-dealkylation sites (N-methyl/N-ethyl adjacent to an activating group) is 1. The summed E-state index contributed by atoms with van der Waals surface area (Å²) in [6.07, 6.45) is 0.873. The second kappa shape index (κ2) is 6.09. The average Bonchev–Trinajstić information content (AvgIpc) is 2.76. The van der Waals surface area contributed by atoms with Gasteiger partial charge < -0.3 is 5.11 Å². The van der Waals surface area contributed by atoms with Crippen molar-refractivity contribution >= 4 is 29.2 Å². The smallest absolute Gasteiger partial charge is 0.323 e. The molecule has 1 aliphatic rings. The van der Waals surface area contributed by atoms with Crippen molar-refractivity contribution in [2.24, 2.45) is 0 Å². The third kappa shape index (κ3) is 3.39. The van der Waals surface area contributed by atoms with E-state index < -0.39 is 12.0 Å². The number of aliphatic carboxylic acids is 1. The molecular weight excluding hydrogens is 289 g/mol. The Kier molecular flexibility index (Phi) is 4.68. The first-order valence-electron chi connectivity index (χ1n) is 6.11. The topological polar surface area (TPSA) is 49.8 Å². The van der Waals surface area contributed by atoms with Gasteiger partial charge in [-0.05, 0) is 17.7 Å². The minimum Gasteiger partial charge on any atom is -0.480 e. The predicted octanol–water partition coefficient (Wildman–Crippen LogP) is 3.01. The number of carbonyl (C=O) groups is 1. The van der Waals surface area contributed by atoms with Crippen molar-refractivity contribution in [3.05, 3.63) is 33.8 Å². The van der Waals surface area contributed by atoms with Crippen molar-refractivity contribution in [2.45, 2.75) is 31.9 Å². The van der Waals surface area contributed by atoms with Crippen LogP contribution >= 0.6 is 23.2 Å². The molecule has 0 saturated carbocycles. The zero-order valence-electron chi connectivity index (χ0n) is 10.5. The van der Waals surface area contributed by atoms with Gasteiger partial charge in [-0.15, -0.1) is 0 Å². The fourth-order valence-electron chi connectivity index (χ4n) is 2.25. The molecule has 1 saturated heterocycles. The summed E-state index contributed by atoms with van der Waals surface area (Å²) < 4.78 is 0. The van der Waals surface area contributed by atoms with Crippen LogP contribution in [-0.4, -0.2) is 34.8 Å². The van der Waals surface area contributed by atoms with Crippen molar-refractivity contribution < 1.29 is 14.7 Å². The highest BCUT2D eigenvalue weighted by Crippen LogP contribution is 2.28. The minimum atomic E-state index is -0.855. The van der Waals surface area contributed by atoms with E-state index in [0.717, 1.165) is 5.56 Å². The zero-order valence-corrected chi connectivity index (χ0v) is 12.0. The molecule has 1 aromatic carbocycles. The highest BCUT2D eigenvalue weighted by molar-refractivity contribution is 6.35. The van der Waals surface area contributed by atoms with Gasteiger partial charge >= 0.3 is 5.97 Å². The Morgan fingerprint density at radius 1 is 1.53 bits per heavy atom. The standard InChI is InChI=1S/C13H15Cl2NO3/c1-2-16-12(13(17)18)7-10(19-16)5-8-3-4-9(14)6-11(8)15/h3-4,6,10,12H,2,5,7H2,1H3,(H,17,18). The first kappa shape index (κ1) is 14.6. The summed E-state index contributed by atoms with van der Waals surface area (Å²) in [6.45, 7) is 2.41. The molecule has 19 heavy (non-hydrogen) atoms. The molecule has 1 fully saturated rings. The van der Waals surface area contributed by atoms with Crippen LogP contribution in [0.5, 0.6) is 0 Å². The fraction of sp³-hybridized carbons (Fsp3) is 0.462. The Morgan fingerprint density at radius 3 is 2.79 bits per heavy atom. The molecule has 1 aliphatic heterocycles. The first-order valence-corrected chi connectivity index (χ1v) is 6.87. The number of carboxylic acids is 1. The molecule has 1 heterocycles. The van der Waals surface area contributed by atoms with Gasteiger partial charge in [0, 0.05) is 29.4 Å². The Morgan fingerprint density at radius 2 is 2.26 bits per heavy atom. The molecule has 0 aromatic heterocycles. The summed E-state index contributed by atoms with van der Waals surface area (Å²) in [4.78, 5) is 16.7. The van der Waals surface area contributed by atoms with Crippen molar-refractivity contribution in [1.29, 1.82) is 0 Å². The maximum atomic E-state index is 11.1. The Bertz CT molecular complexity index is 481. The number of hydrogen-bond acceptors (Lipinski definition) is 3. The van der Waals surface area contributed by atoms with Crippen molar-refractivity contribution in [3.63, 3.8) is 0 Å². The zero-order chi connectivity index (χ0) is 14.0. The number of rotatable bonds is 4. The van der Waals surface area contributed by atoms with Crippen LogP contribution in [-0.2, 0) is 16.1 Å². The van der Waals surface area contributed by atoms with Gasteiger partial charge in [-0.1, -0.05) is 36.2 Å². The highest BCUT2D eigenvalue weighted by Gasteiger charge is 2.37. The lowest BCUT2D eigenvalue weighted by molar-refractivity contribution is -0.176. The summed E-state index contributed by atoms with van der Waals surface area (Å²) in [7, 11) is 0. The third-order valence-electron chi connectivity index (χ3n) is 3.18. The lowest BCUT2D eigenvalue weighted by atomic mass is 10.0. The number of carboxylic acid groups (broad SMARTS) is 1. The van der Waals surface area contributed by atoms with E-state index in [4.69, 9.17) is 33.1 Å². The van der Waals surface area contributed by atoms with Gasteiger partial charge in [0.05, 0.1) is 6.10 Å². The molecule has 2 rings (SSSR count). The van der Waals surface area contributed by atoms with Gasteiger partial charge in [0.2, 0.25) is 0 Å². The molecule has 0 aliphatic carbocycles. The molecule has 2 unspecified atom stereocenters. The van der Waals surface area contributed by atoms with Gasteiger partial charge in [0.25, 0.3) is 0 Å². The molecule has 0 spiro atoms. The minimum absolute atomic E-state index is 0.167. The summed E-state index contributed by atoms with van der Waals surface area (Å²) >= 11 is 11.9. The molecule has 6 heteroatoms. The summed E-state index contributed by atoms with van der Waals surface area (Å²) in [5.41, 5.74) is 0.915. The Labute approximate surface area is 121 Å². The molecular formula is C13H15Cl2NO3. The lowest BCUT2D eigenvalue weighted by Crippen LogP contribution is -2.34. The van der Waals surface area contributed by atoms with E-state index in [0.29, 0.717) is 29.4 Å². The molecule has 4 nitrogen and oxygen atoms in total. The van der Waals surface area contributed by atoms with Crippen LogP contribution < -0.4 is 0 Å². The summed E-state index contributed by atoms with van der Waals surface area (Å²) in [5.74, 6) is -0.855. The predicted molar refractivity (Wildman–Crippen MR) is 73.5 cm³/mol. The average molecular weight is 304 g/mol. The molecule has 1 aromatic rings. The van der Waals surface area contributed by atoms with E-state index in [1.54, 1.807) is 12.1 Å². The van der Waals surface area contributed by atoms with Crippen LogP contribution in [0, 0.1) is 0 Å². The molecule has 0 bridgehead atoms. The van der Waals surface area contributed by atoms with E-state index in [2.05, 4.69) is 0 Å². The quantitative estimate of drug-likeness (QED) is 0.929. The summed E-state index contributed by atoms with van der Waals surface area (Å²) in [5, 5.41) is 11.8. The van der Waals surface area contributed by atoms with Gasteiger partial charge in [-0.2, -0.15) is 5.06 Å². The molecule has 0 amide bonds. The van der Waals surface area contributed by atoms with Crippen LogP contribution in [0.25, 0.3) is 0 Å². The van der Waals surface area contributed by atoms with E-state index in [-0.39, 0.29) is 6.10 Å². The maximum absolute atomic E-state index is 11.1. The second-order valence-electron chi connectivity index (χ2n) is 4.49. The largest absolute Gasteiger partial charge is 0.480 e. The van der Waals surface area contributed by atoms with E-state index in [1.165, 1.54) is 5.06 Å². The molecule has 0 radical (unpaired) electrons. The maximum Gasteiger partial charge on any atom is 0.323 e. The van der Waals surface area contributed by atoms with Crippen LogP contribution in [0.1, 0.15) is 18.9 Å². The van der Waals surface area contributed by atoms with Crippen molar-refractivity contribution in [2.75, 3.05) is 6.54 Å². The van der Waals surface area contributed by atoms with Crippen LogP contribution in [0.15, 0.2) is 18.2 Å². The second-order valence-corrected chi connectivity index (χ2v) is 5.33. The normalized spacial score (nSPS) is 23.7. The first-order chi connectivity index (χ1) is 9.01. The van der Waals surface area contributed by atoms with E-state index in [1.807, 2.05) is 13.0 Å². The van der Waals surface area contributed by atoms with Gasteiger partial charge in [-0.25, -0.2) is 0 Å². The lowest BCUT2D eigenvalue weighted by Gasteiger charge is -2.17. The number of halogens is 2. The number of nitrogens with zero attached hydrogens (tertiary/aromatic N) is 1. The third-order valence-corrected chi connectivity index (χ3v) is 3.76. The highest BCUT2D eigenvalue weighted by atomic mass is 35.5. The van der Waals surface area contributed by atoms with Crippen molar-refractivity contribution in [3.8, 4) is 0 Å². The van der Waals surface area contributed by atoms with Crippen molar-refractivity contribution in [1.82, 2.24) is 5.06 Å². The van der Waals surface area contributed by atoms with E-state index >= 15 is 0 Å². The number of hydrogen-bond donors (Lipinski definition) is 1. The monoisotopic (exact) mass is 303 g/mol.